The Morgan fingerprint density at radius 1 is 0.933 bits per heavy atom. The van der Waals surface area contributed by atoms with Crippen LogP contribution in [-0.4, -0.2) is 29.8 Å². The van der Waals surface area contributed by atoms with E-state index in [9.17, 15) is 0 Å². The topological polar surface area (TPSA) is 83.8 Å². The Labute approximate surface area is 174 Å². The summed E-state index contributed by atoms with van der Waals surface area (Å²) < 4.78 is 1.83. The Kier molecular flexibility index (Phi) is 4.63. The summed E-state index contributed by atoms with van der Waals surface area (Å²) >= 11 is 0. The van der Waals surface area contributed by atoms with Gasteiger partial charge in [0.2, 0.25) is 5.95 Å². The van der Waals surface area contributed by atoms with E-state index >= 15 is 0 Å². The zero-order valence-electron chi connectivity index (χ0n) is 17.1. The Morgan fingerprint density at radius 3 is 2.53 bits per heavy atom. The standard InChI is InChI=1S/C23H23N7/c1-15-18(16(2)28-27-15)12-13-21-26-22-19-10-6-7-11-20(19)25-23(30(22)29-21)24-14-17-8-4-3-5-9-17/h3-11H,12-14H2,1-2H3,(H,24,25)(H,27,28). The van der Waals surface area contributed by atoms with Gasteiger partial charge in [-0.3, -0.25) is 5.10 Å². The number of anilines is 1. The third kappa shape index (κ3) is 3.39. The van der Waals surface area contributed by atoms with Crippen molar-refractivity contribution >= 4 is 22.5 Å². The third-order valence-electron chi connectivity index (χ3n) is 5.40. The second-order valence-electron chi connectivity index (χ2n) is 7.47. The molecule has 5 aromatic rings. The smallest absolute Gasteiger partial charge is 0.226 e. The van der Waals surface area contributed by atoms with Gasteiger partial charge in [0.05, 0.1) is 11.2 Å². The van der Waals surface area contributed by atoms with E-state index in [-0.39, 0.29) is 0 Å². The van der Waals surface area contributed by atoms with Crippen molar-refractivity contribution in [1.82, 2.24) is 29.8 Å². The van der Waals surface area contributed by atoms with Gasteiger partial charge in [-0.25, -0.2) is 9.97 Å². The molecule has 0 radical (unpaired) electrons. The molecule has 0 atom stereocenters. The number of nitrogens with zero attached hydrogens (tertiary/aromatic N) is 5. The zero-order valence-corrected chi connectivity index (χ0v) is 17.1. The summed E-state index contributed by atoms with van der Waals surface area (Å²) in [5.74, 6) is 1.50. The van der Waals surface area contributed by atoms with Crippen LogP contribution in [0.1, 0.15) is 28.3 Å². The molecule has 7 nitrogen and oxygen atoms in total. The lowest BCUT2D eigenvalue weighted by Crippen LogP contribution is -2.08. The first-order valence-electron chi connectivity index (χ1n) is 10.1. The van der Waals surface area contributed by atoms with Crippen molar-refractivity contribution in [2.45, 2.75) is 33.2 Å². The van der Waals surface area contributed by atoms with Crippen molar-refractivity contribution in [3.05, 3.63) is 82.9 Å². The highest BCUT2D eigenvalue weighted by molar-refractivity contribution is 5.92. The van der Waals surface area contributed by atoms with Crippen LogP contribution in [0.2, 0.25) is 0 Å². The minimum Gasteiger partial charge on any atom is -0.350 e. The van der Waals surface area contributed by atoms with Crippen molar-refractivity contribution in [2.75, 3.05) is 5.32 Å². The van der Waals surface area contributed by atoms with Crippen molar-refractivity contribution < 1.29 is 0 Å². The average Bonchev–Trinajstić information content (AvgIpc) is 3.34. The highest BCUT2D eigenvalue weighted by atomic mass is 15.4. The second-order valence-corrected chi connectivity index (χ2v) is 7.47. The van der Waals surface area contributed by atoms with Gasteiger partial charge in [-0.2, -0.15) is 9.61 Å². The molecule has 5 rings (SSSR count). The SMILES string of the molecule is Cc1n[nH]c(C)c1CCc1nc2c3ccccc3nc(NCc3ccccc3)n2n1. The molecule has 2 N–H and O–H groups in total. The summed E-state index contributed by atoms with van der Waals surface area (Å²) in [6.07, 6.45) is 1.60. The van der Waals surface area contributed by atoms with E-state index in [4.69, 9.17) is 15.1 Å². The molecule has 0 saturated carbocycles. The van der Waals surface area contributed by atoms with Gasteiger partial charge in [0.25, 0.3) is 0 Å². The van der Waals surface area contributed by atoms with Crippen LogP contribution < -0.4 is 5.32 Å². The summed E-state index contributed by atoms with van der Waals surface area (Å²) in [4.78, 5) is 9.66. The van der Waals surface area contributed by atoms with Gasteiger partial charge >= 0.3 is 0 Å². The fourth-order valence-corrected chi connectivity index (χ4v) is 3.77. The fourth-order valence-electron chi connectivity index (χ4n) is 3.77. The molecule has 0 aliphatic heterocycles. The number of rotatable bonds is 6. The molecule has 0 aliphatic carbocycles. The molecule has 0 amide bonds. The number of aromatic nitrogens is 6. The van der Waals surface area contributed by atoms with Crippen LogP contribution in [-0.2, 0) is 19.4 Å². The predicted molar refractivity (Wildman–Crippen MR) is 118 cm³/mol. The molecule has 150 valence electrons. The Morgan fingerprint density at radius 2 is 1.73 bits per heavy atom. The van der Waals surface area contributed by atoms with Crippen LogP contribution in [0.4, 0.5) is 5.95 Å². The van der Waals surface area contributed by atoms with E-state index < -0.39 is 0 Å². The molecule has 0 aliphatic rings. The van der Waals surface area contributed by atoms with Crippen molar-refractivity contribution in [3.8, 4) is 0 Å². The molecule has 0 spiro atoms. The van der Waals surface area contributed by atoms with Gasteiger partial charge in [-0.15, -0.1) is 5.10 Å². The van der Waals surface area contributed by atoms with E-state index in [0.29, 0.717) is 12.5 Å². The Balaban J connectivity index is 1.50. The van der Waals surface area contributed by atoms with Gasteiger partial charge in [-0.1, -0.05) is 42.5 Å². The largest absolute Gasteiger partial charge is 0.350 e. The van der Waals surface area contributed by atoms with Crippen molar-refractivity contribution in [1.29, 1.82) is 0 Å². The molecule has 0 fully saturated rings. The van der Waals surface area contributed by atoms with Gasteiger partial charge in [0, 0.05) is 24.0 Å². The van der Waals surface area contributed by atoms with E-state index in [1.165, 1.54) is 11.1 Å². The molecule has 30 heavy (non-hydrogen) atoms. The van der Waals surface area contributed by atoms with Crippen LogP contribution in [0.25, 0.3) is 16.6 Å². The number of hydrogen-bond donors (Lipinski definition) is 2. The van der Waals surface area contributed by atoms with Gasteiger partial charge in [-0.05, 0) is 43.5 Å². The lowest BCUT2D eigenvalue weighted by molar-refractivity contribution is 0.823. The maximum atomic E-state index is 4.86. The van der Waals surface area contributed by atoms with Crippen LogP contribution >= 0.6 is 0 Å². The van der Waals surface area contributed by atoms with E-state index in [0.717, 1.165) is 46.6 Å². The number of benzene rings is 2. The number of nitrogens with one attached hydrogen (secondary N) is 2. The van der Waals surface area contributed by atoms with Crippen LogP contribution in [0.3, 0.4) is 0 Å². The molecule has 0 bridgehead atoms. The lowest BCUT2D eigenvalue weighted by Gasteiger charge is -2.09. The molecule has 0 saturated heterocycles. The quantitative estimate of drug-likeness (QED) is 0.452. The molecular formula is C23H23N7. The Bertz CT molecular complexity index is 1300. The highest BCUT2D eigenvalue weighted by Gasteiger charge is 2.14. The monoisotopic (exact) mass is 397 g/mol. The third-order valence-corrected chi connectivity index (χ3v) is 5.40. The summed E-state index contributed by atoms with van der Waals surface area (Å²) in [6.45, 7) is 4.75. The second kappa shape index (κ2) is 7.59. The van der Waals surface area contributed by atoms with Gasteiger partial charge in [0.1, 0.15) is 0 Å². The first kappa shape index (κ1) is 18.3. The molecule has 0 unspecified atom stereocenters. The number of H-pyrrole nitrogens is 1. The molecule has 3 aromatic heterocycles. The first-order chi connectivity index (χ1) is 14.7. The summed E-state index contributed by atoms with van der Waals surface area (Å²) in [5.41, 5.74) is 6.29. The highest BCUT2D eigenvalue weighted by Crippen LogP contribution is 2.22. The molecular weight excluding hydrogens is 374 g/mol. The predicted octanol–water partition coefficient (Wildman–Crippen LogP) is 4.01. The molecule has 7 heteroatoms. The first-order valence-corrected chi connectivity index (χ1v) is 10.1. The minimum atomic E-state index is 0.671. The number of aryl methyl sites for hydroxylation is 3. The molecule has 3 heterocycles. The van der Waals surface area contributed by atoms with E-state index in [2.05, 4.69) is 34.6 Å². The van der Waals surface area contributed by atoms with Gasteiger partial charge in [0.15, 0.2) is 11.5 Å². The van der Waals surface area contributed by atoms with Crippen molar-refractivity contribution in [3.63, 3.8) is 0 Å². The summed E-state index contributed by atoms with van der Waals surface area (Å²) in [6, 6.07) is 18.3. The van der Waals surface area contributed by atoms with Crippen LogP contribution in [0.5, 0.6) is 0 Å². The van der Waals surface area contributed by atoms with Crippen molar-refractivity contribution in [2.24, 2.45) is 0 Å². The van der Waals surface area contributed by atoms with Crippen LogP contribution in [0, 0.1) is 13.8 Å². The van der Waals surface area contributed by atoms with E-state index in [1.807, 2.05) is 53.9 Å². The number of para-hydroxylation sites is 1. The normalized spacial score (nSPS) is 11.4. The maximum absolute atomic E-state index is 4.86. The maximum Gasteiger partial charge on any atom is 0.226 e. The average molecular weight is 397 g/mol. The number of fused-ring (bicyclic) bond motifs is 3. The zero-order chi connectivity index (χ0) is 20.5. The summed E-state index contributed by atoms with van der Waals surface area (Å²) in [7, 11) is 0. The minimum absolute atomic E-state index is 0.671. The number of hydrogen-bond acceptors (Lipinski definition) is 5. The summed E-state index contributed by atoms with van der Waals surface area (Å²) in [5, 5.41) is 16.6. The van der Waals surface area contributed by atoms with E-state index in [1.54, 1.807) is 0 Å². The number of aromatic amines is 1. The van der Waals surface area contributed by atoms with Gasteiger partial charge < -0.3 is 5.32 Å². The Hall–Kier alpha value is -3.74. The fraction of sp³-hybridized carbons (Fsp3) is 0.217. The van der Waals surface area contributed by atoms with Crippen LogP contribution in [0.15, 0.2) is 54.6 Å². The lowest BCUT2D eigenvalue weighted by atomic mass is 10.1. The molecule has 2 aromatic carbocycles.